The van der Waals surface area contributed by atoms with Crippen molar-refractivity contribution in [1.82, 2.24) is 5.32 Å². The van der Waals surface area contributed by atoms with Crippen molar-refractivity contribution in [2.45, 2.75) is 31.7 Å². The monoisotopic (exact) mass is 359 g/mol. The number of aliphatic carboxylic acids is 1. The minimum Gasteiger partial charge on any atom is -0.494 e. The number of carbonyl (C=O) groups excluding carboxylic acids is 1. The summed E-state index contributed by atoms with van der Waals surface area (Å²) in [5.74, 6) is -0.833. The molecule has 1 amide bonds. The molecule has 0 aromatic heterocycles. The van der Waals surface area contributed by atoms with Crippen molar-refractivity contribution < 1.29 is 23.8 Å². The average molecular weight is 359 g/mol. The molecule has 0 bridgehead atoms. The number of carboxylic acid groups (broad SMARTS) is 1. The van der Waals surface area contributed by atoms with Gasteiger partial charge in [0.25, 0.3) is 0 Å². The molecule has 26 heavy (non-hydrogen) atoms. The maximum atomic E-state index is 12.8. The van der Waals surface area contributed by atoms with Gasteiger partial charge in [-0.15, -0.1) is 0 Å². The van der Waals surface area contributed by atoms with Crippen molar-refractivity contribution in [3.8, 4) is 5.75 Å². The Hall–Kier alpha value is -2.89. The van der Waals surface area contributed by atoms with Crippen LogP contribution < -0.4 is 10.1 Å². The highest BCUT2D eigenvalue weighted by atomic mass is 19.1. The Morgan fingerprint density at radius 1 is 1.04 bits per heavy atom. The number of ether oxygens (including phenoxy) is 1. The largest absolute Gasteiger partial charge is 0.494 e. The van der Waals surface area contributed by atoms with Gasteiger partial charge in [-0.1, -0.05) is 30.3 Å². The van der Waals surface area contributed by atoms with Gasteiger partial charge in [-0.25, -0.2) is 4.39 Å². The summed E-state index contributed by atoms with van der Waals surface area (Å²) >= 11 is 0. The molecular formula is C20H22FNO4. The van der Waals surface area contributed by atoms with Crippen molar-refractivity contribution in [3.63, 3.8) is 0 Å². The van der Waals surface area contributed by atoms with E-state index in [0.29, 0.717) is 25.2 Å². The van der Waals surface area contributed by atoms with E-state index in [4.69, 9.17) is 9.84 Å². The molecule has 0 fully saturated rings. The number of hydrogen-bond donors (Lipinski definition) is 2. The second-order valence-electron chi connectivity index (χ2n) is 5.87. The molecule has 138 valence electrons. The third-order valence-corrected chi connectivity index (χ3v) is 3.81. The van der Waals surface area contributed by atoms with Crippen molar-refractivity contribution >= 4 is 11.9 Å². The Balaban J connectivity index is 1.78. The van der Waals surface area contributed by atoms with Gasteiger partial charge in [-0.3, -0.25) is 9.59 Å². The van der Waals surface area contributed by atoms with Gasteiger partial charge in [0.1, 0.15) is 11.6 Å². The highest BCUT2D eigenvalue weighted by molar-refractivity contribution is 5.76. The molecule has 2 aromatic rings. The molecule has 2 N–H and O–H groups in total. The van der Waals surface area contributed by atoms with E-state index in [1.54, 1.807) is 0 Å². The topological polar surface area (TPSA) is 75.6 Å². The molecule has 0 spiro atoms. The third-order valence-electron chi connectivity index (χ3n) is 3.81. The molecule has 1 unspecified atom stereocenters. The zero-order valence-corrected chi connectivity index (χ0v) is 14.4. The predicted octanol–water partition coefficient (Wildman–Crippen LogP) is 3.71. The first kappa shape index (κ1) is 19.4. The minimum absolute atomic E-state index is 0.0203. The van der Waals surface area contributed by atoms with Gasteiger partial charge in [-0.05, 0) is 42.7 Å². The van der Waals surface area contributed by atoms with Crippen LogP contribution in [-0.2, 0) is 9.59 Å². The summed E-state index contributed by atoms with van der Waals surface area (Å²) in [5.41, 5.74) is 0.879. The SMILES string of the molecule is O=C(O)CCC(NC(=O)CCCOc1ccc(F)cc1)c1ccccc1. The van der Waals surface area contributed by atoms with E-state index in [0.717, 1.165) is 5.56 Å². The Kier molecular flexibility index (Phi) is 7.61. The number of carbonyl (C=O) groups is 2. The van der Waals surface area contributed by atoms with E-state index in [9.17, 15) is 14.0 Å². The van der Waals surface area contributed by atoms with Crippen LogP contribution in [-0.4, -0.2) is 23.6 Å². The standard InChI is InChI=1S/C20H22FNO4/c21-16-8-10-17(11-9-16)26-14-4-7-19(23)22-18(12-13-20(24)25)15-5-2-1-3-6-15/h1-3,5-6,8-11,18H,4,7,12-14H2,(H,22,23)(H,24,25). The van der Waals surface area contributed by atoms with Crippen LogP contribution in [0.2, 0.25) is 0 Å². The Morgan fingerprint density at radius 3 is 2.38 bits per heavy atom. The highest BCUT2D eigenvalue weighted by Crippen LogP contribution is 2.19. The van der Waals surface area contributed by atoms with Crippen LogP contribution in [0.3, 0.4) is 0 Å². The normalized spacial score (nSPS) is 11.6. The lowest BCUT2D eigenvalue weighted by molar-refractivity contribution is -0.137. The van der Waals surface area contributed by atoms with E-state index in [1.807, 2.05) is 30.3 Å². The second kappa shape index (κ2) is 10.2. The van der Waals surface area contributed by atoms with E-state index in [2.05, 4.69) is 5.32 Å². The summed E-state index contributed by atoms with van der Waals surface area (Å²) in [5, 5.41) is 11.8. The van der Waals surface area contributed by atoms with Crippen LogP contribution in [0.25, 0.3) is 0 Å². The molecule has 0 aliphatic carbocycles. The van der Waals surface area contributed by atoms with Gasteiger partial charge in [0.05, 0.1) is 12.6 Å². The number of amides is 1. The van der Waals surface area contributed by atoms with Crippen LogP contribution in [0.15, 0.2) is 54.6 Å². The summed E-state index contributed by atoms with van der Waals surface area (Å²) in [6, 6.07) is 14.7. The van der Waals surface area contributed by atoms with Gasteiger partial charge >= 0.3 is 5.97 Å². The first-order chi connectivity index (χ1) is 12.5. The molecule has 5 nitrogen and oxygen atoms in total. The Labute approximate surface area is 151 Å². The average Bonchev–Trinajstić information content (AvgIpc) is 2.64. The maximum Gasteiger partial charge on any atom is 0.303 e. The van der Waals surface area contributed by atoms with E-state index < -0.39 is 5.97 Å². The summed E-state index contributed by atoms with van der Waals surface area (Å²) < 4.78 is 18.3. The van der Waals surface area contributed by atoms with E-state index in [-0.39, 0.29) is 30.6 Å². The number of halogens is 1. The lowest BCUT2D eigenvalue weighted by atomic mass is 10.0. The molecule has 2 rings (SSSR count). The zero-order chi connectivity index (χ0) is 18.8. The van der Waals surface area contributed by atoms with Crippen LogP contribution in [0.1, 0.15) is 37.3 Å². The molecule has 0 aliphatic rings. The van der Waals surface area contributed by atoms with Crippen molar-refractivity contribution in [2.24, 2.45) is 0 Å². The molecule has 0 saturated carbocycles. The zero-order valence-electron chi connectivity index (χ0n) is 14.4. The Bertz CT molecular complexity index is 704. The van der Waals surface area contributed by atoms with Gasteiger partial charge in [-0.2, -0.15) is 0 Å². The molecule has 1 atom stereocenters. The molecule has 6 heteroatoms. The molecular weight excluding hydrogens is 337 g/mol. The van der Waals surface area contributed by atoms with Crippen LogP contribution >= 0.6 is 0 Å². The lowest BCUT2D eigenvalue weighted by Gasteiger charge is -2.18. The number of carboxylic acids is 1. The van der Waals surface area contributed by atoms with Crippen LogP contribution in [0.5, 0.6) is 5.75 Å². The molecule has 0 aliphatic heterocycles. The Morgan fingerprint density at radius 2 is 1.73 bits per heavy atom. The molecule has 2 aromatic carbocycles. The number of rotatable bonds is 10. The molecule has 0 saturated heterocycles. The first-order valence-electron chi connectivity index (χ1n) is 8.49. The summed E-state index contributed by atoms with van der Waals surface area (Å²) in [6.07, 6.45) is 1.08. The fourth-order valence-corrected chi connectivity index (χ4v) is 2.50. The number of hydrogen-bond acceptors (Lipinski definition) is 3. The quantitative estimate of drug-likeness (QED) is 0.634. The van der Waals surface area contributed by atoms with Crippen molar-refractivity contribution in [1.29, 1.82) is 0 Å². The van der Waals surface area contributed by atoms with Gasteiger partial charge in [0.2, 0.25) is 5.91 Å². The second-order valence-corrected chi connectivity index (χ2v) is 5.87. The van der Waals surface area contributed by atoms with Gasteiger partial charge in [0.15, 0.2) is 0 Å². The van der Waals surface area contributed by atoms with Crippen LogP contribution in [0.4, 0.5) is 4.39 Å². The summed E-state index contributed by atoms with van der Waals surface area (Å²) in [4.78, 5) is 23.0. The number of nitrogens with one attached hydrogen (secondary N) is 1. The lowest BCUT2D eigenvalue weighted by Crippen LogP contribution is -2.29. The van der Waals surface area contributed by atoms with Crippen molar-refractivity contribution in [2.75, 3.05) is 6.61 Å². The van der Waals surface area contributed by atoms with Gasteiger partial charge < -0.3 is 15.2 Å². The highest BCUT2D eigenvalue weighted by Gasteiger charge is 2.15. The van der Waals surface area contributed by atoms with Crippen molar-refractivity contribution in [3.05, 3.63) is 66.0 Å². The molecule has 0 radical (unpaired) electrons. The fraction of sp³-hybridized carbons (Fsp3) is 0.300. The van der Waals surface area contributed by atoms with Gasteiger partial charge in [0, 0.05) is 12.8 Å². The molecule has 0 heterocycles. The maximum absolute atomic E-state index is 12.8. The minimum atomic E-state index is -0.895. The van der Waals surface area contributed by atoms with E-state index in [1.165, 1.54) is 24.3 Å². The summed E-state index contributed by atoms with van der Waals surface area (Å²) in [6.45, 7) is 0.337. The predicted molar refractivity (Wildman–Crippen MR) is 95.3 cm³/mol. The fourth-order valence-electron chi connectivity index (χ4n) is 2.50. The van der Waals surface area contributed by atoms with E-state index >= 15 is 0 Å². The third kappa shape index (κ3) is 6.93. The smallest absolute Gasteiger partial charge is 0.303 e. The summed E-state index contributed by atoms with van der Waals surface area (Å²) in [7, 11) is 0. The first-order valence-corrected chi connectivity index (χ1v) is 8.49. The van der Waals surface area contributed by atoms with Crippen LogP contribution in [0, 0.1) is 5.82 Å². The number of benzene rings is 2.